The van der Waals surface area contributed by atoms with Gasteiger partial charge in [0.1, 0.15) is 5.72 Å². The predicted octanol–water partition coefficient (Wildman–Crippen LogP) is 1.67. The monoisotopic (exact) mass is 199 g/mol. The lowest BCUT2D eigenvalue weighted by atomic mass is 9.98. The van der Waals surface area contributed by atoms with Crippen LogP contribution in [0.5, 0.6) is 0 Å². The van der Waals surface area contributed by atoms with Gasteiger partial charge in [0.15, 0.2) is 0 Å². The van der Waals surface area contributed by atoms with E-state index in [0.717, 1.165) is 25.8 Å². The van der Waals surface area contributed by atoms with Crippen molar-refractivity contribution in [3.8, 4) is 0 Å². The molecule has 14 heavy (non-hydrogen) atoms. The van der Waals surface area contributed by atoms with Gasteiger partial charge in [-0.05, 0) is 26.7 Å². The van der Waals surface area contributed by atoms with Crippen molar-refractivity contribution in [3.05, 3.63) is 0 Å². The van der Waals surface area contributed by atoms with Gasteiger partial charge in [-0.3, -0.25) is 5.32 Å². The van der Waals surface area contributed by atoms with Crippen LogP contribution in [-0.2, 0) is 9.47 Å². The van der Waals surface area contributed by atoms with Crippen molar-refractivity contribution in [2.75, 3.05) is 13.2 Å². The molecule has 2 unspecified atom stereocenters. The molecule has 2 aliphatic rings. The average Bonchev–Trinajstić information content (AvgIpc) is 2.42. The Kier molecular flexibility index (Phi) is 2.58. The SMILES string of the molecule is CCC1CCNC2(COC(C)(C)C2)O1. The Morgan fingerprint density at radius 1 is 1.43 bits per heavy atom. The predicted molar refractivity (Wildman–Crippen MR) is 55.2 cm³/mol. The molecule has 0 amide bonds. The van der Waals surface area contributed by atoms with Gasteiger partial charge in [0.05, 0.1) is 18.3 Å². The van der Waals surface area contributed by atoms with Crippen LogP contribution in [0.25, 0.3) is 0 Å². The summed E-state index contributed by atoms with van der Waals surface area (Å²) in [6.45, 7) is 8.18. The summed E-state index contributed by atoms with van der Waals surface area (Å²) in [5.74, 6) is 0. The lowest BCUT2D eigenvalue weighted by molar-refractivity contribution is -0.142. The van der Waals surface area contributed by atoms with Gasteiger partial charge >= 0.3 is 0 Å². The van der Waals surface area contributed by atoms with Crippen molar-refractivity contribution >= 4 is 0 Å². The number of ether oxygens (including phenoxy) is 2. The molecule has 2 atom stereocenters. The smallest absolute Gasteiger partial charge is 0.145 e. The topological polar surface area (TPSA) is 30.5 Å². The minimum absolute atomic E-state index is 0.0391. The van der Waals surface area contributed by atoms with Crippen molar-refractivity contribution in [3.63, 3.8) is 0 Å². The van der Waals surface area contributed by atoms with E-state index in [9.17, 15) is 0 Å². The second-order valence-corrected chi connectivity index (χ2v) is 5.08. The third-order valence-corrected chi connectivity index (χ3v) is 3.17. The van der Waals surface area contributed by atoms with Gasteiger partial charge in [0.2, 0.25) is 0 Å². The van der Waals surface area contributed by atoms with Crippen LogP contribution in [0.4, 0.5) is 0 Å². The molecule has 1 spiro atoms. The first-order valence-corrected chi connectivity index (χ1v) is 5.62. The number of hydrogen-bond donors (Lipinski definition) is 1. The molecule has 82 valence electrons. The Morgan fingerprint density at radius 2 is 2.21 bits per heavy atom. The van der Waals surface area contributed by atoms with Gasteiger partial charge in [-0.2, -0.15) is 0 Å². The van der Waals surface area contributed by atoms with Gasteiger partial charge < -0.3 is 9.47 Å². The first-order valence-electron chi connectivity index (χ1n) is 5.62. The first-order chi connectivity index (χ1) is 6.55. The maximum atomic E-state index is 6.08. The van der Waals surface area contributed by atoms with Gasteiger partial charge in [-0.15, -0.1) is 0 Å². The minimum Gasteiger partial charge on any atom is -0.371 e. The molecule has 0 aromatic heterocycles. The van der Waals surface area contributed by atoms with Crippen LogP contribution in [0, 0.1) is 0 Å². The van der Waals surface area contributed by atoms with E-state index < -0.39 is 0 Å². The maximum absolute atomic E-state index is 6.08. The summed E-state index contributed by atoms with van der Waals surface area (Å²) < 4.78 is 11.8. The standard InChI is InChI=1S/C11H21NO2/c1-4-9-5-6-12-11(14-9)7-10(2,3)13-8-11/h9,12H,4-8H2,1-3H3. The van der Waals surface area contributed by atoms with Crippen molar-refractivity contribution in [2.45, 2.75) is 57.5 Å². The zero-order valence-corrected chi connectivity index (χ0v) is 9.43. The highest BCUT2D eigenvalue weighted by Gasteiger charge is 2.47. The normalized spacial score (nSPS) is 41.8. The van der Waals surface area contributed by atoms with Crippen LogP contribution in [0.1, 0.15) is 40.0 Å². The molecule has 2 fully saturated rings. The molecular formula is C11H21NO2. The molecule has 0 aromatic carbocycles. The Labute approximate surface area is 86.2 Å². The molecule has 2 heterocycles. The van der Waals surface area contributed by atoms with Crippen molar-refractivity contribution in [2.24, 2.45) is 0 Å². The summed E-state index contributed by atoms with van der Waals surface area (Å²) >= 11 is 0. The van der Waals surface area contributed by atoms with Crippen molar-refractivity contribution in [1.29, 1.82) is 0 Å². The number of rotatable bonds is 1. The van der Waals surface area contributed by atoms with Crippen LogP contribution in [0.2, 0.25) is 0 Å². The Bertz CT molecular complexity index is 217. The minimum atomic E-state index is -0.192. The fourth-order valence-corrected chi connectivity index (χ4v) is 2.46. The highest BCUT2D eigenvalue weighted by atomic mass is 16.6. The van der Waals surface area contributed by atoms with E-state index in [0.29, 0.717) is 12.7 Å². The molecule has 0 radical (unpaired) electrons. The zero-order valence-electron chi connectivity index (χ0n) is 9.43. The summed E-state index contributed by atoms with van der Waals surface area (Å²) in [4.78, 5) is 0. The third kappa shape index (κ3) is 1.95. The summed E-state index contributed by atoms with van der Waals surface area (Å²) in [6.07, 6.45) is 3.59. The Balaban J connectivity index is 2.02. The third-order valence-electron chi connectivity index (χ3n) is 3.17. The lowest BCUT2D eigenvalue weighted by Crippen LogP contribution is -2.55. The molecular weight excluding hydrogens is 178 g/mol. The highest BCUT2D eigenvalue weighted by molar-refractivity contribution is 4.95. The molecule has 2 saturated heterocycles. The summed E-state index contributed by atoms with van der Waals surface area (Å²) in [7, 11) is 0. The van der Waals surface area contributed by atoms with E-state index in [4.69, 9.17) is 9.47 Å². The molecule has 2 rings (SSSR count). The van der Waals surface area contributed by atoms with E-state index in [1.165, 1.54) is 0 Å². The first kappa shape index (κ1) is 10.4. The molecule has 3 nitrogen and oxygen atoms in total. The Morgan fingerprint density at radius 3 is 2.79 bits per heavy atom. The summed E-state index contributed by atoms with van der Waals surface area (Å²) in [6, 6.07) is 0. The molecule has 0 saturated carbocycles. The molecule has 1 N–H and O–H groups in total. The molecule has 0 aliphatic carbocycles. The highest BCUT2D eigenvalue weighted by Crippen LogP contribution is 2.36. The molecule has 2 aliphatic heterocycles. The quantitative estimate of drug-likeness (QED) is 0.697. The second kappa shape index (κ2) is 3.47. The van der Waals surface area contributed by atoms with Gasteiger partial charge in [0, 0.05) is 13.0 Å². The zero-order chi connectivity index (χ0) is 10.2. The Hall–Kier alpha value is -0.120. The fourth-order valence-electron chi connectivity index (χ4n) is 2.46. The number of hydrogen-bond acceptors (Lipinski definition) is 3. The largest absolute Gasteiger partial charge is 0.371 e. The van der Waals surface area contributed by atoms with Crippen LogP contribution in [-0.4, -0.2) is 30.6 Å². The van der Waals surface area contributed by atoms with E-state index in [-0.39, 0.29) is 11.3 Å². The lowest BCUT2D eigenvalue weighted by Gasteiger charge is -2.38. The van der Waals surface area contributed by atoms with Crippen LogP contribution in [0.3, 0.4) is 0 Å². The van der Waals surface area contributed by atoms with Crippen molar-refractivity contribution in [1.82, 2.24) is 5.32 Å². The van der Waals surface area contributed by atoms with E-state index >= 15 is 0 Å². The van der Waals surface area contributed by atoms with Gasteiger partial charge in [0.25, 0.3) is 0 Å². The van der Waals surface area contributed by atoms with E-state index in [1.807, 2.05) is 0 Å². The van der Waals surface area contributed by atoms with E-state index in [2.05, 4.69) is 26.1 Å². The molecule has 0 aromatic rings. The van der Waals surface area contributed by atoms with Crippen LogP contribution >= 0.6 is 0 Å². The number of nitrogens with one attached hydrogen (secondary N) is 1. The van der Waals surface area contributed by atoms with Gasteiger partial charge in [-0.25, -0.2) is 0 Å². The second-order valence-electron chi connectivity index (χ2n) is 5.08. The summed E-state index contributed by atoms with van der Waals surface area (Å²) in [5.41, 5.74) is -0.231. The van der Waals surface area contributed by atoms with Crippen LogP contribution in [0.15, 0.2) is 0 Å². The van der Waals surface area contributed by atoms with Crippen molar-refractivity contribution < 1.29 is 9.47 Å². The maximum Gasteiger partial charge on any atom is 0.145 e. The summed E-state index contributed by atoms with van der Waals surface area (Å²) in [5, 5.41) is 3.47. The molecule has 0 bridgehead atoms. The average molecular weight is 199 g/mol. The van der Waals surface area contributed by atoms with E-state index in [1.54, 1.807) is 0 Å². The fraction of sp³-hybridized carbons (Fsp3) is 1.00. The van der Waals surface area contributed by atoms with Crippen LogP contribution < -0.4 is 5.32 Å². The molecule has 3 heteroatoms. The van der Waals surface area contributed by atoms with Gasteiger partial charge in [-0.1, -0.05) is 6.92 Å².